The lowest BCUT2D eigenvalue weighted by atomic mass is 10.1. The fraction of sp³-hybridized carbons (Fsp3) is 0.533. The fourth-order valence-corrected chi connectivity index (χ4v) is 2.26. The molecule has 1 atom stereocenters. The maximum Gasteiger partial charge on any atom is 0.337 e. The van der Waals surface area contributed by atoms with Crippen LogP contribution in [0.25, 0.3) is 0 Å². The van der Waals surface area contributed by atoms with Gasteiger partial charge in [-0.05, 0) is 38.0 Å². The van der Waals surface area contributed by atoms with Crippen LogP contribution in [0.1, 0.15) is 50.4 Å². The van der Waals surface area contributed by atoms with Crippen molar-refractivity contribution in [2.75, 3.05) is 11.4 Å². The van der Waals surface area contributed by atoms with Crippen LogP contribution < -0.4 is 4.90 Å². The molecule has 0 spiro atoms. The van der Waals surface area contributed by atoms with Gasteiger partial charge in [-0.2, -0.15) is 0 Å². The van der Waals surface area contributed by atoms with E-state index in [0.29, 0.717) is 11.1 Å². The molecular formula is C15H22ClNO2. The average Bonchev–Trinajstić information content (AvgIpc) is 2.38. The van der Waals surface area contributed by atoms with Crippen LogP contribution in [0.5, 0.6) is 0 Å². The van der Waals surface area contributed by atoms with E-state index in [1.54, 1.807) is 12.1 Å². The highest BCUT2D eigenvalue weighted by atomic mass is 35.5. The van der Waals surface area contributed by atoms with Crippen molar-refractivity contribution in [2.45, 2.75) is 46.1 Å². The standard InChI is InChI=1S/C15H22ClNO2/c1-4-6-9-17(11(3)5-2)12-7-8-13(15(18)19)14(16)10-12/h7-8,10-11H,4-6,9H2,1-3H3,(H,18,19). The highest BCUT2D eigenvalue weighted by Crippen LogP contribution is 2.26. The van der Waals surface area contributed by atoms with E-state index in [2.05, 4.69) is 25.7 Å². The third-order valence-electron chi connectivity index (χ3n) is 3.39. The molecule has 0 radical (unpaired) electrons. The number of rotatable bonds is 7. The van der Waals surface area contributed by atoms with Crippen molar-refractivity contribution < 1.29 is 9.90 Å². The molecule has 0 aromatic heterocycles. The zero-order chi connectivity index (χ0) is 14.4. The van der Waals surface area contributed by atoms with Crippen molar-refractivity contribution in [3.63, 3.8) is 0 Å². The van der Waals surface area contributed by atoms with E-state index in [0.717, 1.165) is 31.5 Å². The van der Waals surface area contributed by atoms with Gasteiger partial charge in [0, 0.05) is 18.3 Å². The molecule has 0 amide bonds. The molecule has 19 heavy (non-hydrogen) atoms. The van der Waals surface area contributed by atoms with E-state index in [4.69, 9.17) is 16.7 Å². The van der Waals surface area contributed by atoms with Crippen LogP contribution >= 0.6 is 11.6 Å². The lowest BCUT2D eigenvalue weighted by Crippen LogP contribution is -2.33. The van der Waals surface area contributed by atoms with Crippen molar-refractivity contribution in [1.29, 1.82) is 0 Å². The van der Waals surface area contributed by atoms with Crippen LogP contribution in [-0.2, 0) is 0 Å². The number of hydrogen-bond donors (Lipinski definition) is 1. The van der Waals surface area contributed by atoms with Crippen LogP contribution in [0.4, 0.5) is 5.69 Å². The highest BCUT2D eigenvalue weighted by molar-refractivity contribution is 6.33. The summed E-state index contributed by atoms with van der Waals surface area (Å²) in [4.78, 5) is 13.3. The number of carboxylic acids is 1. The number of aromatic carboxylic acids is 1. The maximum atomic E-state index is 11.0. The maximum absolute atomic E-state index is 11.0. The summed E-state index contributed by atoms with van der Waals surface area (Å²) in [6.07, 6.45) is 3.29. The molecule has 1 aromatic carbocycles. The molecule has 1 rings (SSSR count). The van der Waals surface area contributed by atoms with Crippen molar-refractivity contribution >= 4 is 23.3 Å². The van der Waals surface area contributed by atoms with Gasteiger partial charge in [0.2, 0.25) is 0 Å². The van der Waals surface area contributed by atoms with Gasteiger partial charge in [0.15, 0.2) is 0 Å². The summed E-state index contributed by atoms with van der Waals surface area (Å²) in [5, 5.41) is 9.29. The van der Waals surface area contributed by atoms with Gasteiger partial charge < -0.3 is 10.0 Å². The minimum Gasteiger partial charge on any atom is -0.478 e. The number of carbonyl (C=O) groups is 1. The first kappa shape index (κ1) is 15.8. The van der Waals surface area contributed by atoms with Crippen molar-refractivity contribution in [1.82, 2.24) is 0 Å². The predicted octanol–water partition coefficient (Wildman–Crippen LogP) is 4.44. The number of unbranched alkanes of at least 4 members (excludes halogenated alkanes) is 1. The first-order valence-corrected chi connectivity index (χ1v) is 7.18. The third kappa shape index (κ3) is 4.13. The SMILES string of the molecule is CCCCN(c1ccc(C(=O)O)c(Cl)c1)C(C)CC. The van der Waals surface area contributed by atoms with Crippen molar-refractivity contribution in [2.24, 2.45) is 0 Å². The van der Waals surface area contributed by atoms with Gasteiger partial charge in [0.1, 0.15) is 0 Å². The highest BCUT2D eigenvalue weighted by Gasteiger charge is 2.15. The summed E-state index contributed by atoms with van der Waals surface area (Å²) in [5.41, 5.74) is 1.16. The Labute approximate surface area is 120 Å². The number of halogens is 1. The molecule has 0 fully saturated rings. The molecule has 0 heterocycles. The van der Waals surface area contributed by atoms with E-state index in [1.165, 1.54) is 0 Å². The minimum absolute atomic E-state index is 0.157. The van der Waals surface area contributed by atoms with E-state index in [-0.39, 0.29) is 5.56 Å². The lowest BCUT2D eigenvalue weighted by molar-refractivity contribution is 0.0697. The Kier molecular flexibility index (Phi) is 6.16. The molecule has 0 aliphatic heterocycles. The average molecular weight is 284 g/mol. The van der Waals surface area contributed by atoms with Gasteiger partial charge in [0.05, 0.1) is 10.6 Å². The minimum atomic E-state index is -0.986. The molecule has 0 bridgehead atoms. The van der Waals surface area contributed by atoms with Crippen LogP contribution in [0.2, 0.25) is 5.02 Å². The fourth-order valence-electron chi connectivity index (χ4n) is 2.01. The molecule has 1 unspecified atom stereocenters. The van der Waals surface area contributed by atoms with Crippen molar-refractivity contribution in [3.8, 4) is 0 Å². The third-order valence-corrected chi connectivity index (χ3v) is 3.70. The molecule has 0 saturated carbocycles. The molecule has 106 valence electrons. The Morgan fingerprint density at radius 1 is 1.42 bits per heavy atom. The number of nitrogens with zero attached hydrogens (tertiary/aromatic N) is 1. The Hall–Kier alpha value is -1.22. The van der Waals surface area contributed by atoms with Crippen molar-refractivity contribution in [3.05, 3.63) is 28.8 Å². The zero-order valence-electron chi connectivity index (χ0n) is 11.8. The Morgan fingerprint density at radius 3 is 2.58 bits per heavy atom. The number of benzene rings is 1. The first-order valence-electron chi connectivity index (χ1n) is 6.80. The monoisotopic (exact) mass is 283 g/mol. The van der Waals surface area contributed by atoms with Crippen LogP contribution in [0.15, 0.2) is 18.2 Å². The molecule has 4 heteroatoms. The number of anilines is 1. The number of carboxylic acid groups (broad SMARTS) is 1. The van der Waals surface area contributed by atoms with Gasteiger partial charge >= 0.3 is 5.97 Å². The molecule has 0 aliphatic carbocycles. The quantitative estimate of drug-likeness (QED) is 0.804. The second-order valence-electron chi connectivity index (χ2n) is 4.77. The summed E-state index contributed by atoms with van der Waals surface area (Å²) >= 11 is 6.04. The van der Waals surface area contributed by atoms with Crippen LogP contribution in [0.3, 0.4) is 0 Å². The van der Waals surface area contributed by atoms with Gasteiger partial charge in [-0.15, -0.1) is 0 Å². The molecule has 0 saturated heterocycles. The lowest BCUT2D eigenvalue weighted by Gasteiger charge is -2.31. The first-order chi connectivity index (χ1) is 9.01. The van der Waals surface area contributed by atoms with Gasteiger partial charge in [0.25, 0.3) is 0 Å². The Morgan fingerprint density at radius 2 is 2.11 bits per heavy atom. The number of hydrogen-bond acceptors (Lipinski definition) is 2. The molecule has 1 aromatic rings. The Bertz CT molecular complexity index is 434. The second kappa shape index (κ2) is 7.39. The molecule has 3 nitrogen and oxygen atoms in total. The van der Waals surface area contributed by atoms with E-state index >= 15 is 0 Å². The summed E-state index contributed by atoms with van der Waals surface area (Å²) in [6.45, 7) is 7.45. The van der Waals surface area contributed by atoms with Gasteiger partial charge in [-0.3, -0.25) is 0 Å². The summed E-state index contributed by atoms with van der Waals surface area (Å²) in [6, 6.07) is 5.60. The van der Waals surface area contributed by atoms with E-state index in [9.17, 15) is 4.79 Å². The van der Waals surface area contributed by atoms with Crippen LogP contribution in [0, 0.1) is 0 Å². The van der Waals surface area contributed by atoms with Gasteiger partial charge in [-0.25, -0.2) is 4.79 Å². The smallest absolute Gasteiger partial charge is 0.337 e. The normalized spacial score (nSPS) is 12.2. The van der Waals surface area contributed by atoms with Crippen LogP contribution in [-0.4, -0.2) is 23.7 Å². The summed E-state index contributed by atoms with van der Waals surface area (Å²) in [5.74, 6) is -0.986. The molecule has 0 aliphatic rings. The molecule has 1 N–H and O–H groups in total. The largest absolute Gasteiger partial charge is 0.478 e. The zero-order valence-corrected chi connectivity index (χ0v) is 12.6. The topological polar surface area (TPSA) is 40.5 Å². The van der Waals surface area contributed by atoms with E-state index < -0.39 is 5.97 Å². The van der Waals surface area contributed by atoms with E-state index in [1.807, 2.05) is 6.07 Å². The summed E-state index contributed by atoms with van der Waals surface area (Å²) < 4.78 is 0. The predicted molar refractivity (Wildman–Crippen MR) is 80.4 cm³/mol. The van der Waals surface area contributed by atoms with Gasteiger partial charge in [-0.1, -0.05) is 31.9 Å². The molecular weight excluding hydrogens is 262 g/mol. The summed E-state index contributed by atoms with van der Waals surface area (Å²) in [7, 11) is 0. The second-order valence-corrected chi connectivity index (χ2v) is 5.18. The Balaban J connectivity index is 3.02.